The molecule has 0 unspecified atom stereocenters. The molecule has 5 rings (SSSR count). The SMILES string of the molecule is CCOC(=O)C1=C(C)N=c2s/c(=C\c3cc([N+](=O)[O-])ccc3N3CCN(C)CC3)c(=O)n2[C@@H]1c1ccc(C)cc1. The number of benzene rings is 2. The monoisotopic (exact) mass is 561 g/mol. The number of thiazole rings is 1. The maximum absolute atomic E-state index is 14.0. The molecular weight excluding hydrogens is 530 g/mol. The third-order valence-corrected chi connectivity index (χ3v) is 8.25. The molecule has 208 valence electrons. The first kappa shape index (κ1) is 27.5. The lowest BCUT2D eigenvalue weighted by molar-refractivity contribution is -0.384. The number of aromatic nitrogens is 1. The number of nitrogens with zero attached hydrogens (tertiary/aromatic N) is 5. The Balaban J connectivity index is 1.70. The third-order valence-electron chi connectivity index (χ3n) is 7.26. The van der Waals surface area contributed by atoms with Crippen molar-refractivity contribution in [1.29, 1.82) is 0 Å². The van der Waals surface area contributed by atoms with E-state index in [0.29, 0.717) is 26.2 Å². The zero-order valence-electron chi connectivity index (χ0n) is 22.9. The number of piperazine rings is 1. The molecule has 0 spiro atoms. The van der Waals surface area contributed by atoms with Gasteiger partial charge in [0.15, 0.2) is 4.80 Å². The lowest BCUT2D eigenvalue weighted by atomic mass is 9.95. The van der Waals surface area contributed by atoms with Crippen LogP contribution in [0.1, 0.15) is 36.6 Å². The Bertz CT molecular complexity index is 1680. The second kappa shape index (κ2) is 11.2. The van der Waals surface area contributed by atoms with E-state index in [-0.39, 0.29) is 17.9 Å². The van der Waals surface area contributed by atoms with Crippen LogP contribution in [0.3, 0.4) is 0 Å². The van der Waals surface area contributed by atoms with Crippen molar-refractivity contribution in [2.24, 2.45) is 4.99 Å². The number of non-ortho nitro benzene ring substituents is 1. The van der Waals surface area contributed by atoms with Gasteiger partial charge in [-0.05, 0) is 45.5 Å². The summed E-state index contributed by atoms with van der Waals surface area (Å²) in [7, 11) is 2.06. The van der Waals surface area contributed by atoms with Crippen LogP contribution in [0.15, 0.2) is 63.5 Å². The van der Waals surface area contributed by atoms with Gasteiger partial charge in [0, 0.05) is 49.6 Å². The molecule has 0 amide bonds. The topological polar surface area (TPSA) is 110 Å². The van der Waals surface area contributed by atoms with E-state index < -0.39 is 16.9 Å². The van der Waals surface area contributed by atoms with Crippen LogP contribution in [0.25, 0.3) is 6.08 Å². The second-order valence-electron chi connectivity index (χ2n) is 10.0. The Morgan fingerprint density at radius 1 is 1.15 bits per heavy atom. The lowest BCUT2D eigenvalue weighted by Crippen LogP contribution is -2.44. The summed E-state index contributed by atoms with van der Waals surface area (Å²) in [5, 5.41) is 11.6. The zero-order valence-corrected chi connectivity index (χ0v) is 23.7. The Hall–Kier alpha value is -4.09. The number of hydrogen-bond acceptors (Lipinski definition) is 9. The first-order chi connectivity index (χ1) is 19.2. The number of rotatable bonds is 6. The molecule has 10 nitrogen and oxygen atoms in total. The largest absolute Gasteiger partial charge is 0.463 e. The van der Waals surface area contributed by atoms with Crippen molar-refractivity contribution >= 4 is 34.8 Å². The molecular formula is C29H31N5O5S. The van der Waals surface area contributed by atoms with Gasteiger partial charge in [0.2, 0.25) is 0 Å². The fraction of sp³-hybridized carbons (Fsp3) is 0.345. The lowest BCUT2D eigenvalue weighted by Gasteiger charge is -2.34. The van der Waals surface area contributed by atoms with Gasteiger partial charge >= 0.3 is 5.97 Å². The highest BCUT2D eigenvalue weighted by Crippen LogP contribution is 2.31. The van der Waals surface area contributed by atoms with Crippen LogP contribution in [0.4, 0.5) is 11.4 Å². The molecule has 1 saturated heterocycles. The van der Waals surface area contributed by atoms with E-state index in [1.165, 1.54) is 28.0 Å². The number of ether oxygens (including phenoxy) is 1. The number of carbonyl (C=O) groups is 1. The van der Waals surface area contributed by atoms with E-state index in [4.69, 9.17) is 4.74 Å². The summed E-state index contributed by atoms with van der Waals surface area (Å²) in [6, 6.07) is 11.7. The Morgan fingerprint density at radius 2 is 1.85 bits per heavy atom. The van der Waals surface area contributed by atoms with Crippen LogP contribution in [-0.4, -0.2) is 60.2 Å². The van der Waals surface area contributed by atoms with Gasteiger partial charge in [-0.1, -0.05) is 41.2 Å². The number of carbonyl (C=O) groups excluding carboxylic acids is 1. The minimum Gasteiger partial charge on any atom is -0.463 e. The van der Waals surface area contributed by atoms with Crippen molar-refractivity contribution < 1.29 is 14.5 Å². The van der Waals surface area contributed by atoms with Gasteiger partial charge in [-0.3, -0.25) is 19.5 Å². The summed E-state index contributed by atoms with van der Waals surface area (Å²) in [4.78, 5) is 47.8. The van der Waals surface area contributed by atoms with E-state index in [1.54, 1.807) is 26.0 Å². The summed E-state index contributed by atoms with van der Waals surface area (Å²) in [6.07, 6.45) is 1.71. The standard InChI is InChI=1S/C29H31N5O5S/c1-5-39-28(36)25-19(3)30-29-33(26(25)20-8-6-18(2)7-9-20)27(35)24(40-29)17-21-16-22(34(37)38)10-11-23(21)32-14-12-31(4)13-15-32/h6-11,16-17,26H,5,12-15H2,1-4H3/b24-17-/t26-/m1/s1. The maximum atomic E-state index is 14.0. The van der Waals surface area contributed by atoms with Crippen molar-refractivity contribution in [3.05, 3.63) is 100 Å². The quantitative estimate of drug-likeness (QED) is 0.259. The molecule has 1 aromatic heterocycles. The molecule has 11 heteroatoms. The molecule has 2 aliphatic rings. The van der Waals surface area contributed by atoms with Gasteiger partial charge in [-0.25, -0.2) is 9.79 Å². The van der Waals surface area contributed by atoms with E-state index >= 15 is 0 Å². The van der Waals surface area contributed by atoms with Gasteiger partial charge < -0.3 is 14.5 Å². The maximum Gasteiger partial charge on any atom is 0.338 e. The molecule has 0 saturated carbocycles. The summed E-state index contributed by atoms with van der Waals surface area (Å²) in [6.45, 7) is 8.92. The molecule has 1 atom stereocenters. The van der Waals surface area contributed by atoms with Gasteiger partial charge in [-0.2, -0.15) is 0 Å². The van der Waals surface area contributed by atoms with Gasteiger partial charge in [0.1, 0.15) is 0 Å². The number of nitro benzene ring substituents is 1. The van der Waals surface area contributed by atoms with Crippen molar-refractivity contribution in [3.63, 3.8) is 0 Å². The van der Waals surface area contributed by atoms with Crippen LogP contribution in [0.5, 0.6) is 0 Å². The average molecular weight is 562 g/mol. The van der Waals surface area contributed by atoms with E-state index in [9.17, 15) is 19.7 Å². The summed E-state index contributed by atoms with van der Waals surface area (Å²) in [5.74, 6) is -0.514. The molecule has 0 N–H and O–H groups in total. The van der Waals surface area contributed by atoms with E-state index in [0.717, 1.165) is 43.0 Å². The van der Waals surface area contributed by atoms with E-state index in [2.05, 4.69) is 21.8 Å². The summed E-state index contributed by atoms with van der Waals surface area (Å²) in [5.41, 5.74) is 3.69. The number of nitro groups is 1. The van der Waals surface area contributed by atoms with Crippen molar-refractivity contribution in [2.75, 3.05) is 44.7 Å². The van der Waals surface area contributed by atoms with Gasteiger partial charge in [0.05, 0.1) is 33.4 Å². The van der Waals surface area contributed by atoms with Crippen LogP contribution in [-0.2, 0) is 9.53 Å². The number of esters is 1. The van der Waals surface area contributed by atoms with Crippen LogP contribution in [0.2, 0.25) is 0 Å². The number of aryl methyl sites for hydroxylation is 1. The van der Waals surface area contributed by atoms with Crippen LogP contribution < -0.4 is 19.8 Å². The van der Waals surface area contributed by atoms with Crippen molar-refractivity contribution in [2.45, 2.75) is 26.8 Å². The fourth-order valence-electron chi connectivity index (χ4n) is 5.10. The molecule has 0 bridgehead atoms. The minimum atomic E-state index is -0.708. The summed E-state index contributed by atoms with van der Waals surface area (Å²) < 4.78 is 7.28. The zero-order chi connectivity index (χ0) is 28.6. The molecule has 3 aromatic rings. The smallest absolute Gasteiger partial charge is 0.338 e. The predicted octanol–water partition coefficient (Wildman–Crippen LogP) is 2.77. The number of likely N-dealkylation sites (N-methyl/N-ethyl adjacent to an activating group) is 1. The highest BCUT2D eigenvalue weighted by molar-refractivity contribution is 7.07. The first-order valence-corrected chi connectivity index (χ1v) is 14.0. The number of anilines is 1. The van der Waals surface area contributed by atoms with Crippen LogP contribution in [0, 0.1) is 17.0 Å². The highest BCUT2D eigenvalue weighted by atomic mass is 32.1. The van der Waals surface area contributed by atoms with E-state index in [1.807, 2.05) is 31.2 Å². The Kier molecular flexibility index (Phi) is 7.68. The second-order valence-corrected chi connectivity index (χ2v) is 11.0. The molecule has 0 radical (unpaired) electrons. The van der Waals surface area contributed by atoms with Crippen molar-refractivity contribution in [1.82, 2.24) is 9.47 Å². The van der Waals surface area contributed by atoms with Crippen molar-refractivity contribution in [3.8, 4) is 0 Å². The van der Waals surface area contributed by atoms with Gasteiger partial charge in [0.25, 0.3) is 11.2 Å². The molecule has 2 aromatic carbocycles. The Labute approximate surface area is 235 Å². The summed E-state index contributed by atoms with van der Waals surface area (Å²) >= 11 is 1.20. The molecule has 3 heterocycles. The van der Waals surface area contributed by atoms with Gasteiger partial charge in [-0.15, -0.1) is 0 Å². The molecule has 1 fully saturated rings. The molecule has 0 aliphatic carbocycles. The number of allylic oxidation sites excluding steroid dienone is 1. The van der Waals surface area contributed by atoms with Crippen LogP contribution >= 0.6 is 11.3 Å². The average Bonchev–Trinajstić information content (AvgIpc) is 3.23. The molecule has 40 heavy (non-hydrogen) atoms. The normalized spacial score (nSPS) is 17.9. The highest BCUT2D eigenvalue weighted by Gasteiger charge is 2.33. The minimum absolute atomic E-state index is 0.0464. The predicted molar refractivity (Wildman–Crippen MR) is 154 cm³/mol. The Morgan fingerprint density at radius 3 is 2.50 bits per heavy atom. The number of hydrogen-bond donors (Lipinski definition) is 0. The first-order valence-electron chi connectivity index (χ1n) is 13.2. The molecule has 2 aliphatic heterocycles. The fourth-order valence-corrected chi connectivity index (χ4v) is 6.14. The third kappa shape index (κ3) is 5.22. The number of fused-ring (bicyclic) bond motifs is 1.